The molecule has 0 aliphatic carbocycles. The van der Waals surface area contributed by atoms with Gasteiger partial charge < -0.3 is 5.32 Å². The van der Waals surface area contributed by atoms with Crippen molar-refractivity contribution in [2.24, 2.45) is 4.99 Å². The Balaban J connectivity index is 2.21. The third kappa shape index (κ3) is 3.60. The number of aryl methyl sites for hydroxylation is 3. The van der Waals surface area contributed by atoms with E-state index in [2.05, 4.69) is 61.4 Å². The first kappa shape index (κ1) is 15.0. The molecule has 2 aromatic rings. The zero-order valence-corrected chi connectivity index (χ0v) is 13.1. The summed E-state index contributed by atoms with van der Waals surface area (Å²) < 4.78 is 0. The van der Waals surface area contributed by atoms with E-state index in [0.717, 1.165) is 11.4 Å². The van der Waals surface area contributed by atoms with Crippen molar-refractivity contribution in [2.75, 3.05) is 12.4 Å². The SMILES string of the molecule is CN=C(/C=C\Nc1ccccc1C)c1c(C)cccc1C. The molecule has 0 heterocycles. The number of rotatable bonds is 4. The zero-order chi connectivity index (χ0) is 15.2. The van der Waals surface area contributed by atoms with Gasteiger partial charge in [0, 0.05) is 24.5 Å². The van der Waals surface area contributed by atoms with Crippen LogP contribution >= 0.6 is 0 Å². The molecule has 0 amide bonds. The maximum absolute atomic E-state index is 4.42. The van der Waals surface area contributed by atoms with Crippen LogP contribution in [0.5, 0.6) is 0 Å². The van der Waals surface area contributed by atoms with Gasteiger partial charge in [0.25, 0.3) is 0 Å². The van der Waals surface area contributed by atoms with E-state index in [9.17, 15) is 0 Å². The third-order valence-corrected chi connectivity index (χ3v) is 3.60. The van der Waals surface area contributed by atoms with Gasteiger partial charge in [-0.1, -0.05) is 36.4 Å². The molecule has 0 bridgehead atoms. The van der Waals surface area contributed by atoms with Gasteiger partial charge >= 0.3 is 0 Å². The highest BCUT2D eigenvalue weighted by atomic mass is 14.8. The number of hydrogen-bond donors (Lipinski definition) is 1. The molecule has 0 aromatic heterocycles. The lowest BCUT2D eigenvalue weighted by molar-refractivity contribution is 1.33. The van der Waals surface area contributed by atoms with Crippen LogP contribution in [0.25, 0.3) is 0 Å². The summed E-state index contributed by atoms with van der Waals surface area (Å²) in [6.45, 7) is 6.34. The van der Waals surface area contributed by atoms with E-state index in [1.54, 1.807) is 0 Å². The minimum Gasteiger partial charge on any atom is -0.361 e. The zero-order valence-electron chi connectivity index (χ0n) is 13.1. The summed E-state index contributed by atoms with van der Waals surface area (Å²) in [5, 5.41) is 3.33. The van der Waals surface area contributed by atoms with Gasteiger partial charge in [-0.05, 0) is 49.6 Å². The standard InChI is InChI=1S/C19H22N2/c1-14-8-5-6-11-17(14)21-13-12-18(20-4)19-15(2)9-7-10-16(19)3/h5-13,21H,1-4H3/b13-12-,20-18?. The van der Waals surface area contributed by atoms with Crippen molar-refractivity contribution in [1.29, 1.82) is 0 Å². The Labute approximate surface area is 127 Å². The van der Waals surface area contributed by atoms with Crippen LogP contribution in [0.1, 0.15) is 22.3 Å². The van der Waals surface area contributed by atoms with Gasteiger partial charge in [-0.15, -0.1) is 0 Å². The summed E-state index contributed by atoms with van der Waals surface area (Å²) in [6.07, 6.45) is 3.98. The lowest BCUT2D eigenvalue weighted by Crippen LogP contribution is -2.04. The van der Waals surface area contributed by atoms with E-state index < -0.39 is 0 Å². The van der Waals surface area contributed by atoms with E-state index in [0.29, 0.717) is 0 Å². The Bertz CT molecular complexity index is 661. The lowest BCUT2D eigenvalue weighted by atomic mass is 9.98. The predicted octanol–water partition coefficient (Wildman–Crippen LogP) is 4.66. The minimum absolute atomic E-state index is 0.992. The van der Waals surface area contributed by atoms with Gasteiger partial charge in [-0.25, -0.2) is 0 Å². The van der Waals surface area contributed by atoms with Crippen LogP contribution in [-0.4, -0.2) is 12.8 Å². The number of para-hydroxylation sites is 1. The smallest absolute Gasteiger partial charge is 0.0662 e. The largest absolute Gasteiger partial charge is 0.361 e. The molecule has 0 unspecified atom stereocenters. The Morgan fingerprint density at radius 3 is 2.14 bits per heavy atom. The molecule has 0 aliphatic heterocycles. The molecule has 0 spiro atoms. The fourth-order valence-electron chi connectivity index (χ4n) is 2.43. The molecule has 2 aromatic carbocycles. The number of nitrogens with one attached hydrogen (secondary N) is 1. The summed E-state index contributed by atoms with van der Waals surface area (Å²) in [5.74, 6) is 0. The average molecular weight is 278 g/mol. The van der Waals surface area contributed by atoms with Gasteiger partial charge in [0.05, 0.1) is 5.71 Å². The maximum atomic E-state index is 4.42. The molecular formula is C19H22N2. The highest BCUT2D eigenvalue weighted by Crippen LogP contribution is 2.16. The summed E-state index contributed by atoms with van der Waals surface area (Å²) >= 11 is 0. The van der Waals surface area contributed by atoms with Crippen molar-refractivity contribution >= 4 is 11.4 Å². The van der Waals surface area contributed by atoms with Gasteiger partial charge in [-0.2, -0.15) is 0 Å². The van der Waals surface area contributed by atoms with E-state index in [-0.39, 0.29) is 0 Å². The minimum atomic E-state index is 0.992. The Morgan fingerprint density at radius 1 is 0.905 bits per heavy atom. The predicted molar refractivity (Wildman–Crippen MR) is 92.3 cm³/mol. The van der Waals surface area contributed by atoms with Crippen LogP contribution in [0.15, 0.2) is 59.7 Å². The monoisotopic (exact) mass is 278 g/mol. The first-order valence-corrected chi connectivity index (χ1v) is 7.15. The maximum Gasteiger partial charge on any atom is 0.0662 e. The fourth-order valence-corrected chi connectivity index (χ4v) is 2.43. The van der Waals surface area contributed by atoms with Crippen LogP contribution in [0.3, 0.4) is 0 Å². The lowest BCUT2D eigenvalue weighted by Gasteiger charge is -2.10. The number of anilines is 1. The van der Waals surface area contributed by atoms with Gasteiger partial charge in [-0.3, -0.25) is 4.99 Å². The molecule has 108 valence electrons. The Kier molecular flexibility index (Phi) is 4.94. The second-order valence-corrected chi connectivity index (χ2v) is 5.17. The van der Waals surface area contributed by atoms with Gasteiger partial charge in [0.1, 0.15) is 0 Å². The second kappa shape index (κ2) is 6.89. The molecule has 1 N–H and O–H groups in total. The molecule has 0 aliphatic rings. The fraction of sp³-hybridized carbons (Fsp3) is 0.211. The number of nitrogens with zero attached hydrogens (tertiary/aromatic N) is 1. The van der Waals surface area contributed by atoms with E-state index in [4.69, 9.17) is 0 Å². The molecule has 2 heteroatoms. The highest BCUT2D eigenvalue weighted by Gasteiger charge is 2.06. The number of allylic oxidation sites excluding steroid dienone is 1. The van der Waals surface area contributed by atoms with Crippen molar-refractivity contribution in [1.82, 2.24) is 0 Å². The number of benzene rings is 2. The molecule has 2 nitrogen and oxygen atoms in total. The van der Waals surface area contributed by atoms with E-state index >= 15 is 0 Å². The van der Waals surface area contributed by atoms with E-state index in [1.165, 1.54) is 22.3 Å². The molecular weight excluding hydrogens is 256 g/mol. The first-order valence-electron chi connectivity index (χ1n) is 7.15. The average Bonchev–Trinajstić information content (AvgIpc) is 2.47. The van der Waals surface area contributed by atoms with Crippen molar-refractivity contribution in [2.45, 2.75) is 20.8 Å². The Hall–Kier alpha value is -2.35. The molecule has 0 atom stereocenters. The van der Waals surface area contributed by atoms with Crippen molar-refractivity contribution in [3.05, 3.63) is 77.0 Å². The Morgan fingerprint density at radius 2 is 1.52 bits per heavy atom. The molecule has 0 saturated heterocycles. The molecule has 0 fully saturated rings. The van der Waals surface area contributed by atoms with Crippen LogP contribution in [0, 0.1) is 20.8 Å². The molecule has 0 saturated carbocycles. The summed E-state index contributed by atoms with van der Waals surface area (Å²) in [4.78, 5) is 4.42. The topological polar surface area (TPSA) is 24.4 Å². The second-order valence-electron chi connectivity index (χ2n) is 5.17. The number of hydrogen-bond acceptors (Lipinski definition) is 2. The molecule has 0 radical (unpaired) electrons. The molecule has 21 heavy (non-hydrogen) atoms. The number of aliphatic imine (C=N–C) groups is 1. The van der Waals surface area contributed by atoms with Crippen LogP contribution < -0.4 is 5.32 Å². The van der Waals surface area contributed by atoms with Crippen molar-refractivity contribution < 1.29 is 0 Å². The van der Waals surface area contributed by atoms with E-state index in [1.807, 2.05) is 31.5 Å². The van der Waals surface area contributed by atoms with Crippen molar-refractivity contribution in [3.63, 3.8) is 0 Å². The highest BCUT2D eigenvalue weighted by molar-refractivity contribution is 6.10. The summed E-state index contributed by atoms with van der Waals surface area (Å²) in [6, 6.07) is 14.6. The van der Waals surface area contributed by atoms with Crippen molar-refractivity contribution in [3.8, 4) is 0 Å². The molecule has 2 rings (SSSR count). The third-order valence-electron chi connectivity index (χ3n) is 3.60. The van der Waals surface area contributed by atoms with Crippen LogP contribution in [0.4, 0.5) is 5.69 Å². The van der Waals surface area contributed by atoms with Crippen LogP contribution in [-0.2, 0) is 0 Å². The summed E-state index contributed by atoms with van der Waals surface area (Å²) in [7, 11) is 1.83. The normalized spacial score (nSPS) is 11.9. The quantitative estimate of drug-likeness (QED) is 0.808. The van der Waals surface area contributed by atoms with Gasteiger partial charge in [0.15, 0.2) is 0 Å². The summed E-state index contributed by atoms with van der Waals surface area (Å²) in [5.41, 5.74) is 7.04. The van der Waals surface area contributed by atoms with Gasteiger partial charge in [0.2, 0.25) is 0 Å². The van der Waals surface area contributed by atoms with Crippen LogP contribution in [0.2, 0.25) is 0 Å². The first-order chi connectivity index (χ1) is 10.1.